The summed E-state index contributed by atoms with van der Waals surface area (Å²) < 4.78 is 1.30. The summed E-state index contributed by atoms with van der Waals surface area (Å²) in [4.78, 5) is 24.6. The largest absolute Gasteiger partial charge is 0.480 e. The molecule has 7 heteroatoms. The van der Waals surface area contributed by atoms with Gasteiger partial charge < -0.3 is 10.0 Å². The van der Waals surface area contributed by atoms with E-state index in [1.807, 2.05) is 6.07 Å². The van der Waals surface area contributed by atoms with E-state index in [0.717, 1.165) is 12.0 Å². The molecule has 1 saturated heterocycles. The average Bonchev–Trinajstić information content (AvgIpc) is 2.96. The van der Waals surface area contributed by atoms with Gasteiger partial charge in [-0.15, -0.1) is 11.3 Å². The molecule has 1 amide bonds. The Hall–Kier alpha value is -0.780. The number of thiophene rings is 1. The van der Waals surface area contributed by atoms with E-state index in [9.17, 15) is 9.59 Å². The Kier molecular flexibility index (Phi) is 5.29. The van der Waals surface area contributed by atoms with Crippen molar-refractivity contribution in [2.75, 3.05) is 6.54 Å². The Balaban J connectivity index is 1.83. The molecule has 0 spiro atoms. The van der Waals surface area contributed by atoms with E-state index < -0.39 is 12.0 Å². The van der Waals surface area contributed by atoms with Crippen molar-refractivity contribution in [2.45, 2.75) is 38.1 Å². The molecule has 1 N–H and O–H groups in total. The number of carbonyl (C=O) groups excluding carboxylic acids is 1. The van der Waals surface area contributed by atoms with Crippen LogP contribution in [-0.4, -0.2) is 34.5 Å². The van der Waals surface area contributed by atoms with E-state index in [1.165, 1.54) is 16.2 Å². The third-order valence-corrected chi connectivity index (χ3v) is 4.99. The molecule has 20 heavy (non-hydrogen) atoms. The van der Waals surface area contributed by atoms with Gasteiger partial charge in [0.2, 0.25) is 5.91 Å². The number of rotatable bonds is 5. The molecule has 0 unspecified atom stereocenters. The van der Waals surface area contributed by atoms with Crippen LogP contribution in [0.2, 0.25) is 8.67 Å². The molecule has 1 aliphatic rings. The summed E-state index contributed by atoms with van der Waals surface area (Å²) in [6, 6.07) is 1.16. The fraction of sp³-hybridized carbons (Fsp3) is 0.538. The number of hydrogen-bond acceptors (Lipinski definition) is 3. The minimum absolute atomic E-state index is 0.0904. The summed E-state index contributed by atoms with van der Waals surface area (Å²) in [5, 5.41) is 9.05. The monoisotopic (exact) mass is 335 g/mol. The van der Waals surface area contributed by atoms with E-state index in [0.29, 0.717) is 40.9 Å². The normalized spacial score (nSPS) is 18.5. The summed E-state index contributed by atoms with van der Waals surface area (Å²) in [7, 11) is 0. The number of hydrogen-bond donors (Lipinski definition) is 1. The second kappa shape index (κ2) is 6.78. The lowest BCUT2D eigenvalue weighted by atomic mass is 10.1. The molecule has 1 aliphatic heterocycles. The first-order valence-corrected chi connectivity index (χ1v) is 8.02. The minimum atomic E-state index is -0.913. The van der Waals surface area contributed by atoms with Crippen LogP contribution in [0.3, 0.4) is 0 Å². The van der Waals surface area contributed by atoms with Crippen LogP contribution in [0.15, 0.2) is 6.07 Å². The maximum absolute atomic E-state index is 12.0. The molecule has 0 aromatic carbocycles. The second-order valence-electron chi connectivity index (χ2n) is 4.79. The Bertz CT molecular complexity index is 518. The minimum Gasteiger partial charge on any atom is -0.480 e. The van der Waals surface area contributed by atoms with Crippen molar-refractivity contribution in [3.63, 3.8) is 0 Å². The quantitative estimate of drug-likeness (QED) is 0.896. The van der Waals surface area contributed by atoms with Gasteiger partial charge in [-0.1, -0.05) is 23.2 Å². The molecule has 1 atom stereocenters. The zero-order valence-electron chi connectivity index (χ0n) is 10.8. The van der Waals surface area contributed by atoms with Crippen LogP contribution in [0.5, 0.6) is 0 Å². The number of carboxylic acids is 1. The predicted molar refractivity (Wildman–Crippen MR) is 79.6 cm³/mol. The Morgan fingerprint density at radius 3 is 2.80 bits per heavy atom. The SMILES string of the molecule is O=C(O)[C@@H]1CCCN1C(=O)CCCc1cc(Cl)sc1Cl. The standard InChI is InChI=1S/C13H15Cl2NO3S/c14-10-7-8(12(15)20-10)3-1-5-11(17)16-6-2-4-9(16)13(18)19/h7,9H,1-6H2,(H,18,19)/t9-/m0/s1. The van der Waals surface area contributed by atoms with Gasteiger partial charge in [0.15, 0.2) is 0 Å². The van der Waals surface area contributed by atoms with Gasteiger partial charge in [0.25, 0.3) is 0 Å². The molecule has 110 valence electrons. The first kappa shape index (κ1) is 15.6. The fourth-order valence-corrected chi connectivity index (χ4v) is 3.98. The van der Waals surface area contributed by atoms with Crippen LogP contribution in [0, 0.1) is 0 Å². The van der Waals surface area contributed by atoms with Crippen LogP contribution in [0.25, 0.3) is 0 Å². The molecule has 0 aliphatic carbocycles. The topological polar surface area (TPSA) is 57.6 Å². The number of aryl methyl sites for hydroxylation is 1. The molecular weight excluding hydrogens is 321 g/mol. The number of likely N-dealkylation sites (tertiary alicyclic amines) is 1. The lowest BCUT2D eigenvalue weighted by Gasteiger charge is -2.21. The van der Waals surface area contributed by atoms with Crippen LogP contribution in [0.4, 0.5) is 0 Å². The lowest BCUT2D eigenvalue weighted by molar-refractivity contribution is -0.148. The third kappa shape index (κ3) is 3.65. The summed E-state index contributed by atoms with van der Waals surface area (Å²) in [5.74, 6) is -1.00. The van der Waals surface area contributed by atoms with Gasteiger partial charge in [0.05, 0.1) is 8.67 Å². The Morgan fingerprint density at radius 2 is 2.20 bits per heavy atom. The smallest absolute Gasteiger partial charge is 0.326 e. The number of nitrogens with zero attached hydrogens (tertiary/aromatic N) is 1. The third-order valence-electron chi connectivity index (χ3n) is 3.42. The van der Waals surface area contributed by atoms with Crippen molar-refractivity contribution in [3.05, 3.63) is 20.3 Å². The molecule has 0 bridgehead atoms. The van der Waals surface area contributed by atoms with E-state index >= 15 is 0 Å². The average molecular weight is 336 g/mol. The maximum Gasteiger partial charge on any atom is 0.326 e. The summed E-state index contributed by atoms with van der Waals surface area (Å²) in [6.07, 6.45) is 2.98. The Morgan fingerprint density at radius 1 is 1.45 bits per heavy atom. The van der Waals surface area contributed by atoms with Crippen LogP contribution < -0.4 is 0 Å². The van der Waals surface area contributed by atoms with E-state index in [2.05, 4.69) is 0 Å². The van der Waals surface area contributed by atoms with Crippen LogP contribution in [0.1, 0.15) is 31.2 Å². The second-order valence-corrected chi connectivity index (χ2v) is 7.07. The lowest BCUT2D eigenvalue weighted by Crippen LogP contribution is -2.40. The van der Waals surface area contributed by atoms with Crippen molar-refractivity contribution in [2.24, 2.45) is 0 Å². The van der Waals surface area contributed by atoms with Crippen molar-refractivity contribution < 1.29 is 14.7 Å². The maximum atomic E-state index is 12.0. The number of halogens is 2. The molecular formula is C13H15Cl2NO3S. The highest BCUT2D eigenvalue weighted by Crippen LogP contribution is 2.32. The summed E-state index contributed by atoms with van der Waals surface area (Å²) in [6.45, 7) is 0.542. The number of amides is 1. The highest BCUT2D eigenvalue weighted by molar-refractivity contribution is 7.20. The molecule has 1 aromatic rings. The Labute approximate surface area is 131 Å². The summed E-state index contributed by atoms with van der Waals surface area (Å²) in [5.41, 5.74) is 0.950. The van der Waals surface area contributed by atoms with Crippen molar-refractivity contribution in [3.8, 4) is 0 Å². The van der Waals surface area contributed by atoms with Crippen LogP contribution in [-0.2, 0) is 16.0 Å². The van der Waals surface area contributed by atoms with E-state index in [1.54, 1.807) is 0 Å². The number of carboxylic acid groups (broad SMARTS) is 1. The van der Waals surface area contributed by atoms with Crippen molar-refractivity contribution in [1.29, 1.82) is 0 Å². The van der Waals surface area contributed by atoms with E-state index in [4.69, 9.17) is 28.3 Å². The first-order valence-electron chi connectivity index (χ1n) is 6.45. The van der Waals surface area contributed by atoms with Gasteiger partial charge in [0, 0.05) is 13.0 Å². The fourth-order valence-electron chi connectivity index (χ4n) is 2.44. The van der Waals surface area contributed by atoms with Gasteiger partial charge in [-0.25, -0.2) is 4.79 Å². The van der Waals surface area contributed by atoms with Gasteiger partial charge in [-0.05, 0) is 37.3 Å². The molecule has 0 radical (unpaired) electrons. The highest BCUT2D eigenvalue weighted by atomic mass is 35.5. The number of aliphatic carboxylic acids is 1. The highest BCUT2D eigenvalue weighted by Gasteiger charge is 2.33. The zero-order chi connectivity index (χ0) is 14.7. The van der Waals surface area contributed by atoms with Crippen LogP contribution >= 0.6 is 34.5 Å². The molecule has 4 nitrogen and oxygen atoms in total. The zero-order valence-corrected chi connectivity index (χ0v) is 13.1. The molecule has 2 heterocycles. The number of carbonyl (C=O) groups is 2. The van der Waals surface area contributed by atoms with Crippen molar-refractivity contribution >= 4 is 46.4 Å². The van der Waals surface area contributed by atoms with E-state index in [-0.39, 0.29) is 5.91 Å². The van der Waals surface area contributed by atoms with Gasteiger partial charge in [-0.2, -0.15) is 0 Å². The first-order chi connectivity index (χ1) is 9.49. The van der Waals surface area contributed by atoms with Crippen molar-refractivity contribution in [1.82, 2.24) is 4.90 Å². The predicted octanol–water partition coefficient (Wildman–Crippen LogP) is 3.45. The molecule has 2 rings (SSSR count). The summed E-state index contributed by atoms with van der Waals surface area (Å²) >= 11 is 13.2. The molecule has 1 fully saturated rings. The van der Waals surface area contributed by atoms with Gasteiger partial charge in [-0.3, -0.25) is 4.79 Å². The molecule has 1 aromatic heterocycles. The van der Waals surface area contributed by atoms with Gasteiger partial charge in [0.1, 0.15) is 6.04 Å². The van der Waals surface area contributed by atoms with Gasteiger partial charge >= 0.3 is 5.97 Å². The molecule has 0 saturated carbocycles.